The first kappa shape index (κ1) is 12.4. The Morgan fingerprint density at radius 2 is 2.00 bits per heavy atom. The average Bonchev–Trinajstić information content (AvgIpc) is 2.83. The first-order chi connectivity index (χ1) is 8.68. The maximum atomic E-state index is 11.9. The van der Waals surface area contributed by atoms with Gasteiger partial charge in [-0.1, -0.05) is 37.3 Å². The van der Waals surface area contributed by atoms with Crippen LogP contribution >= 0.6 is 0 Å². The minimum absolute atomic E-state index is 0.153. The molecular weight excluding hydrogens is 226 g/mol. The number of hydrogen-bond acceptors (Lipinski definition) is 2. The van der Waals surface area contributed by atoms with Crippen LogP contribution in [0, 0.1) is 6.92 Å². The van der Waals surface area contributed by atoms with Gasteiger partial charge in [-0.05, 0) is 24.5 Å². The van der Waals surface area contributed by atoms with E-state index in [-0.39, 0.29) is 11.8 Å². The molecule has 18 heavy (non-hydrogen) atoms. The van der Waals surface area contributed by atoms with Crippen molar-refractivity contribution in [3.8, 4) is 0 Å². The van der Waals surface area contributed by atoms with Crippen LogP contribution in [0.1, 0.15) is 34.5 Å². The zero-order valence-electron chi connectivity index (χ0n) is 10.6. The van der Waals surface area contributed by atoms with E-state index in [0.717, 1.165) is 5.56 Å². The minimum atomic E-state index is -0.153. The summed E-state index contributed by atoms with van der Waals surface area (Å²) in [5, 5.41) is 2.89. The van der Waals surface area contributed by atoms with E-state index in [0.29, 0.717) is 12.3 Å². The van der Waals surface area contributed by atoms with Crippen molar-refractivity contribution in [1.29, 1.82) is 0 Å². The van der Waals surface area contributed by atoms with Crippen LogP contribution in [-0.4, -0.2) is 12.5 Å². The van der Waals surface area contributed by atoms with Gasteiger partial charge in [0.1, 0.15) is 0 Å². The Bertz CT molecular complexity index is 516. The number of hydrogen-bond donors (Lipinski definition) is 1. The number of aryl methyl sites for hydroxylation is 1. The third-order valence-electron chi connectivity index (χ3n) is 3.01. The number of amides is 1. The molecule has 0 aliphatic carbocycles. The summed E-state index contributed by atoms with van der Waals surface area (Å²) in [4.78, 5) is 11.9. The van der Waals surface area contributed by atoms with Gasteiger partial charge >= 0.3 is 0 Å². The van der Waals surface area contributed by atoms with E-state index in [1.54, 1.807) is 6.07 Å². The minimum Gasteiger partial charge on any atom is -0.459 e. The molecular formula is C15H17NO2. The van der Waals surface area contributed by atoms with Crippen molar-refractivity contribution in [3.63, 3.8) is 0 Å². The summed E-state index contributed by atoms with van der Waals surface area (Å²) in [5.41, 5.74) is 2.08. The standard InChI is InChI=1S/C15H17NO2/c1-11-8-9-18-14(11)15(17)16-10-12(2)13-6-4-3-5-7-13/h3-9,12H,10H2,1-2H3,(H,16,17)/t12-/m1/s1. The molecule has 3 nitrogen and oxygen atoms in total. The van der Waals surface area contributed by atoms with Gasteiger partial charge < -0.3 is 9.73 Å². The van der Waals surface area contributed by atoms with Crippen molar-refractivity contribution in [2.75, 3.05) is 6.54 Å². The predicted molar refractivity (Wildman–Crippen MR) is 70.6 cm³/mol. The van der Waals surface area contributed by atoms with E-state index in [9.17, 15) is 4.79 Å². The van der Waals surface area contributed by atoms with Crippen molar-refractivity contribution in [1.82, 2.24) is 5.32 Å². The lowest BCUT2D eigenvalue weighted by Crippen LogP contribution is -2.27. The van der Waals surface area contributed by atoms with E-state index in [2.05, 4.69) is 24.4 Å². The summed E-state index contributed by atoms with van der Waals surface area (Å²) < 4.78 is 5.15. The fourth-order valence-corrected chi connectivity index (χ4v) is 1.83. The molecule has 1 N–H and O–H groups in total. The van der Waals surface area contributed by atoms with Gasteiger partial charge in [0.15, 0.2) is 5.76 Å². The summed E-state index contributed by atoms with van der Waals surface area (Å²) in [7, 11) is 0. The average molecular weight is 243 g/mol. The molecule has 1 aromatic heterocycles. The van der Waals surface area contributed by atoms with Gasteiger partial charge in [0.25, 0.3) is 5.91 Å². The second-order valence-corrected chi connectivity index (χ2v) is 4.45. The van der Waals surface area contributed by atoms with Crippen LogP contribution in [0.3, 0.4) is 0 Å². The highest BCUT2D eigenvalue weighted by Crippen LogP contribution is 2.14. The van der Waals surface area contributed by atoms with Gasteiger partial charge in [-0.2, -0.15) is 0 Å². The van der Waals surface area contributed by atoms with Crippen LogP contribution in [0.15, 0.2) is 47.1 Å². The number of rotatable bonds is 4. The van der Waals surface area contributed by atoms with Gasteiger partial charge in [0.05, 0.1) is 6.26 Å². The van der Waals surface area contributed by atoms with E-state index in [1.807, 2.05) is 25.1 Å². The van der Waals surface area contributed by atoms with Gasteiger partial charge in [-0.15, -0.1) is 0 Å². The molecule has 0 saturated carbocycles. The number of carbonyl (C=O) groups excluding carboxylic acids is 1. The predicted octanol–water partition coefficient (Wildman–Crippen LogP) is 3.12. The molecule has 94 valence electrons. The largest absolute Gasteiger partial charge is 0.459 e. The van der Waals surface area contributed by atoms with Gasteiger partial charge in [-0.3, -0.25) is 4.79 Å². The Balaban J connectivity index is 1.93. The number of benzene rings is 1. The molecule has 0 fully saturated rings. The molecule has 0 bridgehead atoms. The van der Waals surface area contributed by atoms with Crippen LogP contribution in [0.25, 0.3) is 0 Å². The molecule has 0 radical (unpaired) electrons. The van der Waals surface area contributed by atoms with E-state index >= 15 is 0 Å². The van der Waals surface area contributed by atoms with Crippen LogP contribution in [0.2, 0.25) is 0 Å². The Kier molecular flexibility index (Phi) is 3.82. The SMILES string of the molecule is Cc1ccoc1C(=O)NC[C@@H](C)c1ccccc1. The fraction of sp³-hybridized carbons (Fsp3) is 0.267. The topological polar surface area (TPSA) is 42.2 Å². The summed E-state index contributed by atoms with van der Waals surface area (Å²) >= 11 is 0. The Labute approximate surface area is 107 Å². The molecule has 0 spiro atoms. The smallest absolute Gasteiger partial charge is 0.287 e. The zero-order chi connectivity index (χ0) is 13.0. The number of carbonyl (C=O) groups is 1. The molecule has 0 aliphatic heterocycles. The first-order valence-electron chi connectivity index (χ1n) is 6.05. The van der Waals surface area contributed by atoms with Crippen LogP contribution < -0.4 is 5.32 Å². The van der Waals surface area contributed by atoms with Gasteiger partial charge in [0.2, 0.25) is 0 Å². The first-order valence-corrected chi connectivity index (χ1v) is 6.05. The van der Waals surface area contributed by atoms with Crippen LogP contribution in [0.4, 0.5) is 0 Å². The molecule has 2 aromatic rings. The van der Waals surface area contributed by atoms with E-state index < -0.39 is 0 Å². The highest BCUT2D eigenvalue weighted by atomic mass is 16.3. The Hall–Kier alpha value is -2.03. The lowest BCUT2D eigenvalue weighted by Gasteiger charge is -2.12. The van der Waals surface area contributed by atoms with Crippen molar-refractivity contribution in [3.05, 3.63) is 59.5 Å². The zero-order valence-corrected chi connectivity index (χ0v) is 10.6. The fourth-order valence-electron chi connectivity index (χ4n) is 1.83. The Morgan fingerprint density at radius 1 is 1.28 bits per heavy atom. The van der Waals surface area contributed by atoms with Crippen molar-refractivity contribution in [2.24, 2.45) is 0 Å². The molecule has 2 rings (SSSR count). The highest BCUT2D eigenvalue weighted by molar-refractivity contribution is 5.92. The lowest BCUT2D eigenvalue weighted by molar-refractivity contribution is 0.0923. The third kappa shape index (κ3) is 2.80. The summed E-state index contributed by atoms with van der Waals surface area (Å²) in [6, 6.07) is 11.9. The maximum absolute atomic E-state index is 11.9. The molecule has 1 heterocycles. The monoisotopic (exact) mass is 243 g/mol. The number of nitrogens with one attached hydrogen (secondary N) is 1. The third-order valence-corrected chi connectivity index (χ3v) is 3.01. The Morgan fingerprint density at radius 3 is 2.61 bits per heavy atom. The van der Waals surface area contributed by atoms with Crippen molar-refractivity contribution >= 4 is 5.91 Å². The van der Waals surface area contributed by atoms with Crippen LogP contribution in [0.5, 0.6) is 0 Å². The van der Waals surface area contributed by atoms with Gasteiger partial charge in [0, 0.05) is 12.1 Å². The second-order valence-electron chi connectivity index (χ2n) is 4.45. The van der Waals surface area contributed by atoms with Crippen molar-refractivity contribution < 1.29 is 9.21 Å². The normalized spacial score (nSPS) is 12.1. The molecule has 0 saturated heterocycles. The molecule has 1 amide bonds. The molecule has 1 atom stereocenters. The lowest BCUT2D eigenvalue weighted by atomic mass is 10.0. The molecule has 3 heteroatoms. The van der Waals surface area contributed by atoms with Crippen molar-refractivity contribution in [2.45, 2.75) is 19.8 Å². The summed E-state index contributed by atoms with van der Waals surface area (Å²) in [6.45, 7) is 4.55. The summed E-state index contributed by atoms with van der Waals surface area (Å²) in [6.07, 6.45) is 1.53. The molecule has 1 aromatic carbocycles. The van der Waals surface area contributed by atoms with Gasteiger partial charge in [-0.25, -0.2) is 0 Å². The molecule has 0 unspecified atom stereocenters. The van der Waals surface area contributed by atoms with Crippen LogP contribution in [-0.2, 0) is 0 Å². The summed E-state index contributed by atoms with van der Waals surface area (Å²) in [5.74, 6) is 0.529. The quantitative estimate of drug-likeness (QED) is 0.896. The molecule has 0 aliphatic rings. The second kappa shape index (κ2) is 5.54. The highest BCUT2D eigenvalue weighted by Gasteiger charge is 2.13. The number of furan rings is 1. The van der Waals surface area contributed by atoms with E-state index in [1.165, 1.54) is 11.8 Å². The van der Waals surface area contributed by atoms with E-state index in [4.69, 9.17) is 4.42 Å². The maximum Gasteiger partial charge on any atom is 0.287 e.